The maximum Gasteiger partial charge on any atom is 0.225 e. The standard InChI is InChI=1S/C10H20N2O/c1-11-7-4-8-12(2)10(13)9-5-3-6-9/h9,11H,3-8H2,1-2H3/i1D3,2D3. The van der Waals surface area contributed by atoms with Crippen molar-refractivity contribution in [3.05, 3.63) is 0 Å². The summed E-state index contributed by atoms with van der Waals surface area (Å²) in [5, 5.41) is 2.30. The molecule has 0 bridgehead atoms. The lowest BCUT2D eigenvalue weighted by molar-refractivity contribution is -0.136. The predicted molar refractivity (Wildman–Crippen MR) is 53.5 cm³/mol. The van der Waals surface area contributed by atoms with Crippen molar-refractivity contribution in [2.45, 2.75) is 25.7 Å². The van der Waals surface area contributed by atoms with Crippen molar-refractivity contribution in [2.24, 2.45) is 5.92 Å². The summed E-state index contributed by atoms with van der Waals surface area (Å²) < 4.78 is 43.0. The zero-order valence-electron chi connectivity index (χ0n) is 13.7. The van der Waals surface area contributed by atoms with Gasteiger partial charge in [0.05, 0.1) is 0 Å². The van der Waals surface area contributed by atoms with Crippen LogP contribution < -0.4 is 5.32 Å². The van der Waals surface area contributed by atoms with E-state index in [9.17, 15) is 4.79 Å². The van der Waals surface area contributed by atoms with Gasteiger partial charge >= 0.3 is 0 Å². The minimum Gasteiger partial charge on any atom is -0.345 e. The summed E-state index contributed by atoms with van der Waals surface area (Å²) in [6.45, 7) is -4.48. The van der Waals surface area contributed by atoms with E-state index in [2.05, 4.69) is 5.32 Å². The summed E-state index contributed by atoms with van der Waals surface area (Å²) in [7, 11) is 0. The van der Waals surface area contributed by atoms with E-state index in [1.807, 2.05) is 0 Å². The molecule has 0 aromatic heterocycles. The van der Waals surface area contributed by atoms with Gasteiger partial charge in [0.2, 0.25) is 5.91 Å². The van der Waals surface area contributed by atoms with Gasteiger partial charge in [0.1, 0.15) is 0 Å². The summed E-state index contributed by atoms with van der Waals surface area (Å²) in [6, 6.07) is 0. The van der Waals surface area contributed by atoms with Gasteiger partial charge in [-0.3, -0.25) is 4.79 Å². The van der Waals surface area contributed by atoms with Crippen molar-refractivity contribution < 1.29 is 13.0 Å². The molecule has 0 aromatic rings. The summed E-state index contributed by atoms with van der Waals surface area (Å²) >= 11 is 0. The van der Waals surface area contributed by atoms with E-state index in [-0.39, 0.29) is 24.9 Å². The summed E-state index contributed by atoms with van der Waals surface area (Å²) in [5.74, 6) is -0.504. The number of carbonyl (C=O) groups excluding carboxylic acids is 1. The van der Waals surface area contributed by atoms with Crippen LogP contribution in [0.25, 0.3) is 0 Å². The Kier molecular flexibility index (Phi) is 1.92. The molecule has 0 atom stereocenters. The molecule has 0 aliphatic heterocycles. The third kappa shape index (κ3) is 2.99. The van der Waals surface area contributed by atoms with Crippen LogP contribution in [-0.4, -0.2) is 37.8 Å². The quantitative estimate of drug-likeness (QED) is 0.652. The molecule has 3 heteroatoms. The van der Waals surface area contributed by atoms with Gasteiger partial charge in [0, 0.05) is 27.7 Å². The van der Waals surface area contributed by atoms with Crippen LogP contribution in [0.3, 0.4) is 0 Å². The van der Waals surface area contributed by atoms with Crippen molar-refractivity contribution in [1.29, 1.82) is 0 Å². The van der Waals surface area contributed by atoms with Gasteiger partial charge in [-0.15, -0.1) is 0 Å². The second-order valence-electron chi connectivity index (χ2n) is 3.40. The van der Waals surface area contributed by atoms with Gasteiger partial charge < -0.3 is 10.2 Å². The van der Waals surface area contributed by atoms with Gasteiger partial charge in [-0.1, -0.05) is 6.42 Å². The average Bonchev–Trinajstić information content (AvgIpc) is 2.10. The number of nitrogens with zero attached hydrogens (tertiary/aromatic N) is 1. The van der Waals surface area contributed by atoms with Crippen LogP contribution in [-0.2, 0) is 4.79 Å². The molecule has 1 amide bonds. The molecule has 76 valence electrons. The monoisotopic (exact) mass is 190 g/mol. The average molecular weight is 190 g/mol. The molecule has 0 aromatic carbocycles. The number of carbonyl (C=O) groups is 1. The second-order valence-corrected chi connectivity index (χ2v) is 3.40. The Labute approximate surface area is 88.9 Å². The highest BCUT2D eigenvalue weighted by atomic mass is 16.2. The van der Waals surface area contributed by atoms with Gasteiger partial charge in [-0.05, 0) is 32.8 Å². The largest absolute Gasteiger partial charge is 0.345 e. The van der Waals surface area contributed by atoms with Crippen LogP contribution in [0, 0.1) is 5.92 Å². The Balaban J connectivity index is 2.44. The Morgan fingerprint density at radius 1 is 1.69 bits per heavy atom. The Hall–Kier alpha value is -0.570. The lowest BCUT2D eigenvalue weighted by atomic mass is 9.84. The van der Waals surface area contributed by atoms with E-state index in [0.29, 0.717) is 6.42 Å². The molecular weight excluding hydrogens is 164 g/mol. The van der Waals surface area contributed by atoms with E-state index in [4.69, 9.17) is 8.22 Å². The molecule has 0 saturated heterocycles. The molecule has 3 nitrogen and oxygen atoms in total. The molecule has 0 radical (unpaired) electrons. The maximum atomic E-state index is 12.0. The first kappa shape index (κ1) is 4.78. The van der Waals surface area contributed by atoms with Crippen molar-refractivity contribution in [2.75, 3.05) is 27.0 Å². The number of hydrogen-bond acceptors (Lipinski definition) is 2. The normalized spacial score (nSPS) is 25.5. The highest BCUT2D eigenvalue weighted by Gasteiger charge is 2.27. The maximum absolute atomic E-state index is 12.0. The fourth-order valence-corrected chi connectivity index (χ4v) is 1.31. The lowest BCUT2D eigenvalue weighted by Crippen LogP contribution is -2.37. The van der Waals surface area contributed by atoms with Crippen molar-refractivity contribution in [1.82, 2.24) is 10.2 Å². The molecule has 1 fully saturated rings. The molecule has 0 heterocycles. The fourth-order valence-electron chi connectivity index (χ4n) is 1.31. The zero-order valence-corrected chi connectivity index (χ0v) is 7.68. The number of rotatable bonds is 5. The first-order valence-corrected chi connectivity index (χ1v) is 4.68. The van der Waals surface area contributed by atoms with Gasteiger partial charge in [-0.2, -0.15) is 0 Å². The van der Waals surface area contributed by atoms with Crippen LogP contribution in [0.15, 0.2) is 0 Å². The molecule has 1 rings (SSSR count). The van der Waals surface area contributed by atoms with E-state index in [0.717, 1.165) is 24.2 Å². The van der Waals surface area contributed by atoms with E-state index in [1.165, 1.54) is 0 Å². The van der Waals surface area contributed by atoms with Gasteiger partial charge in [-0.25, -0.2) is 0 Å². The SMILES string of the molecule is [2H]C([2H])([2H])NCCCN(C(=O)C1CCC1)C([2H])([2H])[2H]. The van der Waals surface area contributed by atoms with Crippen LogP contribution in [0.4, 0.5) is 0 Å². The number of amides is 1. The Morgan fingerprint density at radius 2 is 2.54 bits per heavy atom. The molecule has 1 aliphatic carbocycles. The minimum atomic E-state index is -2.45. The predicted octanol–water partition coefficient (Wildman–Crippen LogP) is 0.854. The molecule has 1 N–H and O–H groups in total. The number of hydrogen-bond donors (Lipinski definition) is 1. The first-order chi connectivity index (χ1) is 8.61. The Morgan fingerprint density at radius 3 is 3.08 bits per heavy atom. The highest BCUT2D eigenvalue weighted by Crippen LogP contribution is 2.27. The van der Waals surface area contributed by atoms with Crippen LogP contribution in [0.2, 0.25) is 0 Å². The first-order valence-electron chi connectivity index (χ1n) is 7.68. The van der Waals surface area contributed by atoms with Crippen molar-refractivity contribution in [3.63, 3.8) is 0 Å². The van der Waals surface area contributed by atoms with E-state index in [1.54, 1.807) is 0 Å². The van der Waals surface area contributed by atoms with Gasteiger partial charge in [0.15, 0.2) is 0 Å². The summed E-state index contributed by atoms with van der Waals surface area (Å²) in [6.07, 6.45) is 2.76. The van der Waals surface area contributed by atoms with E-state index >= 15 is 0 Å². The lowest BCUT2D eigenvalue weighted by Gasteiger charge is -2.29. The molecule has 0 spiro atoms. The smallest absolute Gasteiger partial charge is 0.225 e. The third-order valence-corrected chi connectivity index (χ3v) is 2.40. The summed E-state index contributed by atoms with van der Waals surface area (Å²) in [4.78, 5) is 12.9. The molecular formula is C10H20N2O. The van der Waals surface area contributed by atoms with E-state index < -0.39 is 14.0 Å². The fraction of sp³-hybridized carbons (Fsp3) is 0.900. The minimum absolute atomic E-state index is 0.0505. The molecule has 1 saturated carbocycles. The highest BCUT2D eigenvalue weighted by molar-refractivity contribution is 5.79. The van der Waals surface area contributed by atoms with Crippen molar-refractivity contribution in [3.8, 4) is 0 Å². The summed E-state index contributed by atoms with van der Waals surface area (Å²) in [5.41, 5.74) is 0. The second kappa shape index (κ2) is 5.22. The molecule has 0 unspecified atom stereocenters. The van der Waals surface area contributed by atoms with Crippen LogP contribution in [0.1, 0.15) is 33.9 Å². The number of nitrogens with one attached hydrogen (secondary N) is 1. The third-order valence-electron chi connectivity index (χ3n) is 2.40. The topological polar surface area (TPSA) is 32.3 Å². The zero-order chi connectivity index (χ0) is 14.7. The molecule has 1 aliphatic rings. The molecule has 13 heavy (non-hydrogen) atoms. The van der Waals surface area contributed by atoms with Crippen LogP contribution in [0.5, 0.6) is 0 Å². The van der Waals surface area contributed by atoms with Gasteiger partial charge in [0.25, 0.3) is 0 Å². The van der Waals surface area contributed by atoms with Crippen LogP contribution >= 0.6 is 0 Å². The van der Waals surface area contributed by atoms with Crippen molar-refractivity contribution >= 4 is 5.91 Å². The Bertz CT molecular complexity index is 310.